The monoisotopic (exact) mass is 324 g/mol. The highest BCUT2D eigenvalue weighted by molar-refractivity contribution is 7.18. The molecule has 0 saturated heterocycles. The first-order valence-corrected chi connectivity index (χ1v) is 8.44. The van der Waals surface area contributed by atoms with Crippen molar-refractivity contribution >= 4 is 33.1 Å². The van der Waals surface area contributed by atoms with E-state index >= 15 is 0 Å². The van der Waals surface area contributed by atoms with Gasteiger partial charge in [0.1, 0.15) is 11.5 Å². The van der Waals surface area contributed by atoms with Gasteiger partial charge in [0.25, 0.3) is 5.91 Å². The van der Waals surface area contributed by atoms with Crippen molar-refractivity contribution in [3.8, 4) is 0 Å². The maximum Gasteiger partial charge on any atom is 0.274 e. The van der Waals surface area contributed by atoms with Crippen molar-refractivity contribution < 1.29 is 4.79 Å². The lowest BCUT2D eigenvalue weighted by molar-refractivity contribution is 0.102. The Labute approximate surface area is 137 Å². The van der Waals surface area contributed by atoms with Crippen LogP contribution in [0.2, 0.25) is 0 Å². The Morgan fingerprint density at radius 1 is 1.17 bits per heavy atom. The fourth-order valence-corrected chi connectivity index (χ4v) is 3.35. The number of amides is 1. The number of hydrogen-bond acceptors (Lipinski definition) is 5. The molecule has 0 radical (unpaired) electrons. The molecule has 4 rings (SSSR count). The van der Waals surface area contributed by atoms with Crippen molar-refractivity contribution in [1.82, 2.24) is 15.0 Å². The van der Waals surface area contributed by atoms with Gasteiger partial charge in [-0.3, -0.25) is 4.79 Å². The van der Waals surface area contributed by atoms with Crippen LogP contribution in [-0.4, -0.2) is 20.9 Å². The van der Waals surface area contributed by atoms with Gasteiger partial charge in [0.2, 0.25) is 0 Å². The van der Waals surface area contributed by atoms with Gasteiger partial charge in [0, 0.05) is 17.3 Å². The Hall–Kier alpha value is -2.34. The van der Waals surface area contributed by atoms with E-state index in [1.807, 2.05) is 32.0 Å². The summed E-state index contributed by atoms with van der Waals surface area (Å²) < 4.78 is 1.12. The molecule has 0 atom stereocenters. The predicted octanol–water partition coefficient (Wildman–Crippen LogP) is 3.83. The molecule has 1 aliphatic carbocycles. The lowest BCUT2D eigenvalue weighted by Crippen LogP contribution is -2.15. The molecule has 1 N–H and O–H groups in total. The average Bonchev–Trinajstić information content (AvgIpc) is 3.28. The number of anilines is 1. The van der Waals surface area contributed by atoms with E-state index in [4.69, 9.17) is 0 Å². The molecule has 0 aliphatic heterocycles. The van der Waals surface area contributed by atoms with Crippen LogP contribution >= 0.6 is 11.3 Å². The van der Waals surface area contributed by atoms with Crippen LogP contribution < -0.4 is 5.32 Å². The number of benzene rings is 1. The van der Waals surface area contributed by atoms with Crippen LogP contribution in [0.3, 0.4) is 0 Å². The van der Waals surface area contributed by atoms with E-state index < -0.39 is 0 Å². The third kappa shape index (κ3) is 2.94. The second kappa shape index (κ2) is 5.38. The zero-order valence-electron chi connectivity index (χ0n) is 13.0. The van der Waals surface area contributed by atoms with E-state index in [1.165, 1.54) is 0 Å². The topological polar surface area (TPSA) is 67.8 Å². The summed E-state index contributed by atoms with van der Waals surface area (Å²) in [5.74, 6) is 1.01. The van der Waals surface area contributed by atoms with Crippen LogP contribution in [0.4, 0.5) is 5.69 Å². The summed E-state index contributed by atoms with van der Waals surface area (Å²) in [5.41, 5.74) is 2.89. The Kier molecular flexibility index (Phi) is 3.34. The second-order valence-electron chi connectivity index (χ2n) is 5.90. The molecule has 6 heteroatoms. The minimum absolute atomic E-state index is 0.205. The molecule has 3 aromatic rings. The average molecular weight is 324 g/mol. The number of nitrogens with one attached hydrogen (secondary N) is 1. The first kappa shape index (κ1) is 14.3. The van der Waals surface area contributed by atoms with Crippen LogP contribution in [0, 0.1) is 13.8 Å². The summed E-state index contributed by atoms with van der Waals surface area (Å²) in [6, 6.07) is 7.50. The largest absolute Gasteiger partial charge is 0.321 e. The normalized spacial score (nSPS) is 14.2. The molecule has 1 aromatic carbocycles. The van der Waals surface area contributed by atoms with Gasteiger partial charge in [0.15, 0.2) is 0 Å². The van der Waals surface area contributed by atoms with E-state index in [0.717, 1.165) is 45.3 Å². The first-order chi connectivity index (χ1) is 11.1. The van der Waals surface area contributed by atoms with Crippen LogP contribution in [0.5, 0.6) is 0 Å². The number of carbonyl (C=O) groups is 1. The highest BCUT2D eigenvalue weighted by atomic mass is 32.1. The summed E-state index contributed by atoms with van der Waals surface area (Å²) in [4.78, 5) is 25.8. The summed E-state index contributed by atoms with van der Waals surface area (Å²) in [6.45, 7) is 3.88. The van der Waals surface area contributed by atoms with Crippen LogP contribution in [-0.2, 0) is 0 Å². The fourth-order valence-electron chi connectivity index (χ4n) is 2.55. The molecule has 23 heavy (non-hydrogen) atoms. The van der Waals surface area contributed by atoms with Gasteiger partial charge in [-0.15, -0.1) is 11.3 Å². The molecule has 0 unspecified atom stereocenters. The minimum Gasteiger partial charge on any atom is -0.321 e. The van der Waals surface area contributed by atoms with Gasteiger partial charge in [-0.25, -0.2) is 15.0 Å². The van der Waals surface area contributed by atoms with Gasteiger partial charge in [0.05, 0.1) is 15.2 Å². The third-order valence-corrected chi connectivity index (χ3v) is 4.75. The molecule has 2 heterocycles. The van der Waals surface area contributed by atoms with Crippen molar-refractivity contribution in [2.24, 2.45) is 0 Å². The molecular weight excluding hydrogens is 308 g/mol. The molecule has 1 aliphatic rings. The number of aryl methyl sites for hydroxylation is 2. The molecule has 0 bridgehead atoms. The minimum atomic E-state index is -0.205. The van der Waals surface area contributed by atoms with Gasteiger partial charge in [-0.05, 0) is 51.0 Å². The van der Waals surface area contributed by atoms with Gasteiger partial charge >= 0.3 is 0 Å². The van der Waals surface area contributed by atoms with E-state index in [1.54, 1.807) is 17.4 Å². The SMILES string of the molecule is Cc1cc(C(=O)Nc2ccc3sc(C)nc3c2)nc(C2CC2)n1. The number of carbonyl (C=O) groups excluding carboxylic acids is 1. The fraction of sp³-hybridized carbons (Fsp3) is 0.294. The van der Waals surface area contributed by atoms with Gasteiger partial charge in [-0.2, -0.15) is 0 Å². The van der Waals surface area contributed by atoms with Crippen LogP contribution in [0.15, 0.2) is 24.3 Å². The predicted molar refractivity (Wildman–Crippen MR) is 91.1 cm³/mol. The number of fused-ring (bicyclic) bond motifs is 1. The molecular formula is C17H16N4OS. The zero-order valence-corrected chi connectivity index (χ0v) is 13.8. The highest BCUT2D eigenvalue weighted by Gasteiger charge is 2.27. The van der Waals surface area contributed by atoms with E-state index in [0.29, 0.717) is 11.6 Å². The van der Waals surface area contributed by atoms with Crippen LogP contribution in [0.25, 0.3) is 10.2 Å². The number of rotatable bonds is 3. The molecule has 1 amide bonds. The smallest absolute Gasteiger partial charge is 0.274 e. The van der Waals surface area contributed by atoms with E-state index in [-0.39, 0.29) is 5.91 Å². The van der Waals surface area contributed by atoms with Crippen molar-refractivity contribution in [3.63, 3.8) is 0 Å². The van der Waals surface area contributed by atoms with Gasteiger partial charge in [-0.1, -0.05) is 0 Å². The lowest BCUT2D eigenvalue weighted by atomic mass is 10.2. The summed E-state index contributed by atoms with van der Waals surface area (Å²) >= 11 is 1.65. The molecule has 116 valence electrons. The Bertz CT molecular complexity index is 914. The quantitative estimate of drug-likeness (QED) is 0.795. The van der Waals surface area contributed by atoms with E-state index in [9.17, 15) is 4.79 Å². The summed E-state index contributed by atoms with van der Waals surface area (Å²) in [5, 5.41) is 3.93. The number of thiazole rings is 1. The highest BCUT2D eigenvalue weighted by Crippen LogP contribution is 2.38. The molecule has 2 aromatic heterocycles. The molecule has 1 saturated carbocycles. The van der Waals surface area contributed by atoms with Crippen molar-refractivity contribution in [2.75, 3.05) is 5.32 Å². The molecule has 5 nitrogen and oxygen atoms in total. The lowest BCUT2D eigenvalue weighted by Gasteiger charge is -2.07. The maximum absolute atomic E-state index is 12.5. The summed E-state index contributed by atoms with van der Waals surface area (Å²) in [6.07, 6.45) is 2.23. The Morgan fingerprint density at radius 3 is 2.78 bits per heavy atom. The van der Waals surface area contributed by atoms with Gasteiger partial charge < -0.3 is 5.32 Å². The Morgan fingerprint density at radius 2 is 2.00 bits per heavy atom. The summed E-state index contributed by atoms with van der Waals surface area (Å²) in [7, 11) is 0. The standard InChI is InChI=1S/C17H16N4OS/c1-9-7-14(21-16(18-9)11-3-4-11)17(22)20-12-5-6-15-13(8-12)19-10(2)23-15/h5-8,11H,3-4H2,1-2H3,(H,20,22). The Balaban J connectivity index is 1.60. The zero-order chi connectivity index (χ0) is 16.0. The number of aromatic nitrogens is 3. The van der Waals surface area contributed by atoms with Crippen molar-refractivity contribution in [2.45, 2.75) is 32.6 Å². The van der Waals surface area contributed by atoms with Crippen LogP contribution in [0.1, 0.15) is 45.8 Å². The number of hydrogen-bond donors (Lipinski definition) is 1. The van der Waals surface area contributed by atoms with Crippen molar-refractivity contribution in [1.29, 1.82) is 0 Å². The van der Waals surface area contributed by atoms with Crippen molar-refractivity contribution in [3.05, 3.63) is 46.5 Å². The maximum atomic E-state index is 12.5. The molecule has 1 fully saturated rings. The number of nitrogens with zero attached hydrogens (tertiary/aromatic N) is 3. The third-order valence-electron chi connectivity index (χ3n) is 3.80. The second-order valence-corrected chi connectivity index (χ2v) is 7.13. The first-order valence-electron chi connectivity index (χ1n) is 7.62. The van der Waals surface area contributed by atoms with E-state index in [2.05, 4.69) is 20.3 Å². The molecule has 0 spiro atoms.